The number of hydrogen-bond donors (Lipinski definition) is 1. The number of carbonyl (C=O) groups is 1. The van der Waals surface area contributed by atoms with Crippen molar-refractivity contribution in [3.63, 3.8) is 0 Å². The van der Waals surface area contributed by atoms with Gasteiger partial charge in [-0.05, 0) is 30.0 Å². The minimum Gasteiger partial charge on any atom is -0.293 e. The Balaban J connectivity index is 3.15. The van der Waals surface area contributed by atoms with Gasteiger partial charge in [-0.3, -0.25) is 4.79 Å². The highest BCUT2D eigenvalue weighted by atomic mass is 32.1. The van der Waals surface area contributed by atoms with E-state index in [-0.39, 0.29) is 11.5 Å². The Kier molecular flexibility index (Phi) is 3.76. The van der Waals surface area contributed by atoms with Crippen LogP contribution in [0.3, 0.4) is 0 Å². The molecule has 0 aromatic heterocycles. The van der Waals surface area contributed by atoms with E-state index in [0.717, 1.165) is 11.1 Å². The van der Waals surface area contributed by atoms with E-state index in [0.29, 0.717) is 5.92 Å². The smallest absolute Gasteiger partial charge is 0.172 e. The molecule has 2 heteroatoms. The van der Waals surface area contributed by atoms with Gasteiger partial charge in [-0.15, -0.1) is 0 Å². The van der Waals surface area contributed by atoms with Gasteiger partial charge < -0.3 is 0 Å². The second-order valence-corrected chi connectivity index (χ2v) is 4.13. The monoisotopic (exact) mass is 208 g/mol. The average molecular weight is 208 g/mol. The van der Waals surface area contributed by atoms with Crippen LogP contribution < -0.4 is 0 Å². The number of rotatable bonds is 3. The minimum absolute atomic E-state index is 0.105. The molecular weight excluding hydrogens is 192 g/mol. The molecule has 1 nitrogen and oxygen atoms in total. The largest absolute Gasteiger partial charge is 0.293 e. The molecule has 0 amide bonds. The lowest BCUT2D eigenvalue weighted by molar-refractivity contribution is 0.102. The number of benzene rings is 1. The number of carbonyl (C=O) groups excluding carboxylic acids is 1. The summed E-state index contributed by atoms with van der Waals surface area (Å²) in [4.78, 5) is 11.5. The third-order valence-corrected chi connectivity index (χ3v) is 2.66. The summed E-state index contributed by atoms with van der Waals surface area (Å²) < 4.78 is 0. The van der Waals surface area contributed by atoms with E-state index >= 15 is 0 Å². The molecule has 1 aromatic carbocycles. The second-order valence-electron chi connectivity index (χ2n) is 3.81. The van der Waals surface area contributed by atoms with Gasteiger partial charge in [0.05, 0.1) is 5.75 Å². The van der Waals surface area contributed by atoms with Gasteiger partial charge >= 0.3 is 0 Å². The molecule has 14 heavy (non-hydrogen) atoms. The van der Waals surface area contributed by atoms with E-state index in [1.54, 1.807) is 0 Å². The number of aryl methyl sites for hydroxylation is 1. The van der Waals surface area contributed by atoms with Crippen LogP contribution >= 0.6 is 12.6 Å². The molecule has 1 rings (SSSR count). The summed E-state index contributed by atoms with van der Waals surface area (Å²) in [5, 5.41) is 0. The highest BCUT2D eigenvalue weighted by molar-refractivity contribution is 7.81. The Morgan fingerprint density at radius 3 is 2.57 bits per heavy atom. The Labute approximate surface area is 90.9 Å². The first-order chi connectivity index (χ1) is 6.56. The van der Waals surface area contributed by atoms with Crippen molar-refractivity contribution in [1.82, 2.24) is 0 Å². The molecule has 1 aromatic rings. The summed E-state index contributed by atoms with van der Waals surface area (Å²) in [5.74, 6) is 0.845. The first-order valence-corrected chi connectivity index (χ1v) is 5.44. The van der Waals surface area contributed by atoms with Gasteiger partial charge in [0.1, 0.15) is 0 Å². The summed E-state index contributed by atoms with van der Waals surface area (Å²) in [7, 11) is 0. The Morgan fingerprint density at radius 2 is 2.07 bits per heavy atom. The molecule has 0 N–H and O–H groups in total. The lowest BCUT2D eigenvalue weighted by atomic mass is 9.96. The van der Waals surface area contributed by atoms with Crippen LogP contribution in [0.15, 0.2) is 18.2 Å². The highest BCUT2D eigenvalue weighted by Gasteiger charge is 2.09. The number of Topliss-reactive ketones (excluding diaryl/α,β-unsaturated/α-hetero) is 1. The number of hydrogen-bond acceptors (Lipinski definition) is 2. The van der Waals surface area contributed by atoms with Gasteiger partial charge in [0, 0.05) is 5.56 Å². The van der Waals surface area contributed by atoms with Crippen molar-refractivity contribution in [1.29, 1.82) is 0 Å². The van der Waals surface area contributed by atoms with Crippen molar-refractivity contribution in [3.05, 3.63) is 34.9 Å². The van der Waals surface area contributed by atoms with Gasteiger partial charge in [-0.1, -0.05) is 26.0 Å². The first kappa shape index (κ1) is 11.3. The van der Waals surface area contributed by atoms with Crippen molar-refractivity contribution in [3.8, 4) is 0 Å². The van der Waals surface area contributed by atoms with Crippen molar-refractivity contribution < 1.29 is 4.79 Å². The maximum atomic E-state index is 11.5. The third-order valence-electron chi connectivity index (χ3n) is 2.37. The van der Waals surface area contributed by atoms with Crippen molar-refractivity contribution >= 4 is 18.4 Å². The average Bonchev–Trinajstić information content (AvgIpc) is 2.17. The zero-order chi connectivity index (χ0) is 10.7. The molecule has 0 heterocycles. The van der Waals surface area contributed by atoms with Gasteiger partial charge in [-0.2, -0.15) is 12.6 Å². The van der Waals surface area contributed by atoms with Gasteiger partial charge in [-0.25, -0.2) is 0 Å². The van der Waals surface area contributed by atoms with Gasteiger partial charge in [0.2, 0.25) is 0 Å². The van der Waals surface area contributed by atoms with E-state index in [9.17, 15) is 4.79 Å². The molecule has 0 radical (unpaired) electrons. The van der Waals surface area contributed by atoms with Crippen LogP contribution in [0.2, 0.25) is 0 Å². The maximum Gasteiger partial charge on any atom is 0.172 e. The molecule has 0 fully saturated rings. The zero-order valence-electron chi connectivity index (χ0n) is 8.87. The predicted octanol–water partition coefficient (Wildman–Crippen LogP) is 3.23. The molecule has 0 atom stereocenters. The summed E-state index contributed by atoms with van der Waals surface area (Å²) in [5.41, 5.74) is 3.06. The van der Waals surface area contributed by atoms with E-state index in [1.807, 2.05) is 19.1 Å². The molecular formula is C12H16OS. The fraction of sp³-hybridized carbons (Fsp3) is 0.417. The van der Waals surface area contributed by atoms with Crippen LogP contribution in [0.25, 0.3) is 0 Å². The third kappa shape index (κ3) is 2.38. The lowest BCUT2D eigenvalue weighted by Crippen LogP contribution is -2.04. The molecule has 0 saturated heterocycles. The van der Waals surface area contributed by atoms with Crippen LogP contribution in [0, 0.1) is 6.92 Å². The van der Waals surface area contributed by atoms with E-state index in [1.165, 1.54) is 5.56 Å². The summed E-state index contributed by atoms with van der Waals surface area (Å²) in [6, 6.07) is 6.07. The van der Waals surface area contributed by atoms with E-state index < -0.39 is 0 Å². The number of ketones is 1. The molecule has 0 aliphatic heterocycles. The molecule has 0 spiro atoms. The van der Waals surface area contributed by atoms with Crippen molar-refractivity contribution in [2.45, 2.75) is 26.7 Å². The predicted molar refractivity (Wildman–Crippen MR) is 63.5 cm³/mol. The Bertz CT molecular complexity index is 342. The fourth-order valence-electron chi connectivity index (χ4n) is 1.38. The molecule has 0 unspecified atom stereocenters. The van der Waals surface area contributed by atoms with Crippen LogP contribution in [0.1, 0.15) is 41.3 Å². The molecule has 0 aliphatic rings. The van der Waals surface area contributed by atoms with E-state index in [4.69, 9.17) is 0 Å². The van der Waals surface area contributed by atoms with Crippen LogP contribution in [-0.2, 0) is 0 Å². The van der Waals surface area contributed by atoms with Crippen LogP contribution in [-0.4, -0.2) is 11.5 Å². The summed E-state index contributed by atoms with van der Waals surface area (Å²) in [6.07, 6.45) is 0. The topological polar surface area (TPSA) is 17.1 Å². The van der Waals surface area contributed by atoms with Crippen LogP contribution in [0.4, 0.5) is 0 Å². The summed E-state index contributed by atoms with van der Waals surface area (Å²) >= 11 is 4.01. The molecule has 0 aliphatic carbocycles. The first-order valence-electron chi connectivity index (χ1n) is 4.81. The van der Waals surface area contributed by atoms with E-state index in [2.05, 4.69) is 32.5 Å². The minimum atomic E-state index is 0.105. The van der Waals surface area contributed by atoms with Crippen molar-refractivity contribution in [2.75, 3.05) is 5.75 Å². The van der Waals surface area contributed by atoms with Crippen LogP contribution in [0.5, 0.6) is 0 Å². The lowest BCUT2D eigenvalue weighted by Gasteiger charge is -2.09. The standard InChI is InChI=1S/C12H16OS/c1-8(2)10-5-4-9(3)11(6-10)12(13)7-14/h4-6,8,14H,7H2,1-3H3. The fourth-order valence-corrected chi connectivity index (χ4v) is 1.55. The van der Waals surface area contributed by atoms with Gasteiger partial charge in [0.15, 0.2) is 5.78 Å². The Hall–Kier alpha value is -0.760. The van der Waals surface area contributed by atoms with Crippen molar-refractivity contribution in [2.24, 2.45) is 0 Å². The second kappa shape index (κ2) is 4.65. The number of thiol groups is 1. The zero-order valence-corrected chi connectivity index (χ0v) is 9.77. The molecule has 0 bridgehead atoms. The molecule has 0 saturated carbocycles. The quantitative estimate of drug-likeness (QED) is 0.596. The maximum absolute atomic E-state index is 11.5. The SMILES string of the molecule is Cc1ccc(C(C)C)cc1C(=O)CS. The summed E-state index contributed by atoms with van der Waals surface area (Å²) in [6.45, 7) is 6.21. The normalized spacial score (nSPS) is 10.6. The molecule has 76 valence electrons. The Morgan fingerprint density at radius 1 is 1.43 bits per heavy atom. The highest BCUT2D eigenvalue weighted by Crippen LogP contribution is 2.19. The van der Waals surface area contributed by atoms with Gasteiger partial charge in [0.25, 0.3) is 0 Å².